The Morgan fingerprint density at radius 3 is 2.32 bits per heavy atom. The van der Waals surface area contributed by atoms with Crippen molar-refractivity contribution in [2.75, 3.05) is 26.3 Å². The van der Waals surface area contributed by atoms with Crippen LogP contribution in [0.15, 0.2) is 35.1 Å². The second-order valence-corrected chi connectivity index (χ2v) is 8.55. The third-order valence-electron chi connectivity index (χ3n) is 5.88. The number of fused-ring (bicyclic) bond motifs is 1. The summed E-state index contributed by atoms with van der Waals surface area (Å²) in [6, 6.07) is 7.94. The molecule has 2 atom stereocenters. The Labute approximate surface area is 181 Å². The molecule has 0 saturated carbocycles. The molecule has 8 heteroatoms. The van der Waals surface area contributed by atoms with Gasteiger partial charge in [0.1, 0.15) is 12.2 Å². The van der Waals surface area contributed by atoms with Gasteiger partial charge in [-0.25, -0.2) is 4.98 Å². The van der Waals surface area contributed by atoms with Crippen LogP contribution in [-0.2, 0) is 20.7 Å². The van der Waals surface area contributed by atoms with Crippen LogP contribution in [0.4, 0.5) is 0 Å². The molecule has 0 spiro atoms. The summed E-state index contributed by atoms with van der Waals surface area (Å²) in [7, 11) is 0. The van der Waals surface area contributed by atoms with E-state index in [4.69, 9.17) is 13.9 Å². The zero-order valence-corrected chi connectivity index (χ0v) is 18.2. The molecule has 2 amide bonds. The summed E-state index contributed by atoms with van der Waals surface area (Å²) in [4.78, 5) is 30.8. The Morgan fingerprint density at radius 1 is 1.13 bits per heavy atom. The molecule has 31 heavy (non-hydrogen) atoms. The number of rotatable bonds is 5. The highest BCUT2D eigenvalue weighted by Crippen LogP contribution is 2.22. The molecular weight excluding hydrogens is 398 g/mol. The third-order valence-corrected chi connectivity index (χ3v) is 5.88. The van der Waals surface area contributed by atoms with Crippen LogP contribution < -0.4 is 5.32 Å². The van der Waals surface area contributed by atoms with E-state index in [1.807, 2.05) is 17.0 Å². The molecule has 0 bridgehead atoms. The number of carbonyl (C=O) groups excluding carboxylic acids is 2. The summed E-state index contributed by atoms with van der Waals surface area (Å²) in [5.74, 6) is 0.406. The first-order chi connectivity index (χ1) is 14.9. The van der Waals surface area contributed by atoms with Crippen molar-refractivity contribution in [3.63, 3.8) is 0 Å². The van der Waals surface area contributed by atoms with Crippen LogP contribution >= 0.6 is 0 Å². The summed E-state index contributed by atoms with van der Waals surface area (Å²) in [6.45, 7) is 7.65. The molecule has 0 unspecified atom stereocenters. The molecule has 1 aromatic carbocycles. The van der Waals surface area contributed by atoms with Crippen LogP contribution in [0.1, 0.15) is 47.1 Å². The van der Waals surface area contributed by atoms with Crippen molar-refractivity contribution < 1.29 is 23.5 Å². The summed E-state index contributed by atoms with van der Waals surface area (Å²) in [6.07, 6.45) is 1.23. The maximum atomic E-state index is 12.8. The van der Waals surface area contributed by atoms with Gasteiger partial charge in [-0.3, -0.25) is 9.59 Å². The van der Waals surface area contributed by atoms with Gasteiger partial charge in [0.05, 0.1) is 31.4 Å². The Balaban J connectivity index is 1.28. The van der Waals surface area contributed by atoms with Gasteiger partial charge in [-0.15, -0.1) is 0 Å². The summed E-state index contributed by atoms with van der Waals surface area (Å²) >= 11 is 0. The summed E-state index contributed by atoms with van der Waals surface area (Å²) < 4.78 is 17.1. The first kappa shape index (κ1) is 21.5. The minimum atomic E-state index is -0.334. The van der Waals surface area contributed by atoms with Gasteiger partial charge in [-0.1, -0.05) is 38.1 Å². The summed E-state index contributed by atoms with van der Waals surface area (Å²) in [5.41, 5.74) is 2.81. The lowest BCUT2D eigenvalue weighted by atomic mass is 10.0. The highest BCUT2D eigenvalue weighted by molar-refractivity contribution is 5.92. The molecule has 0 aliphatic carbocycles. The molecular formula is C23H29N3O5. The van der Waals surface area contributed by atoms with Gasteiger partial charge < -0.3 is 24.1 Å². The van der Waals surface area contributed by atoms with Crippen LogP contribution in [0.2, 0.25) is 0 Å². The van der Waals surface area contributed by atoms with Crippen LogP contribution in [-0.4, -0.2) is 66.3 Å². The molecule has 2 saturated heterocycles. The Bertz CT molecular complexity index is 908. The minimum Gasteiger partial charge on any atom is -0.438 e. The number of benzene rings is 1. The highest BCUT2D eigenvalue weighted by atomic mass is 16.6. The molecule has 166 valence electrons. The third kappa shape index (κ3) is 4.97. The fourth-order valence-corrected chi connectivity index (χ4v) is 3.96. The molecule has 2 aliphatic heterocycles. The Hall–Kier alpha value is -2.71. The van der Waals surface area contributed by atoms with Crippen LogP contribution in [0, 0.1) is 6.92 Å². The smallest absolute Gasteiger partial charge is 0.289 e. The molecule has 2 fully saturated rings. The Kier molecular flexibility index (Phi) is 6.38. The van der Waals surface area contributed by atoms with Crippen molar-refractivity contribution in [3.8, 4) is 0 Å². The van der Waals surface area contributed by atoms with Gasteiger partial charge in [-0.05, 0) is 24.0 Å². The predicted molar refractivity (Wildman–Crippen MR) is 113 cm³/mol. The normalized spacial score (nSPS) is 21.7. The van der Waals surface area contributed by atoms with Crippen molar-refractivity contribution in [2.45, 2.75) is 51.4 Å². The molecule has 3 heterocycles. The average molecular weight is 428 g/mol. The first-order valence-electron chi connectivity index (χ1n) is 10.7. The van der Waals surface area contributed by atoms with Gasteiger partial charge in [0.15, 0.2) is 6.39 Å². The highest BCUT2D eigenvalue weighted by Gasteiger charge is 2.39. The number of aryl methyl sites for hydroxylation is 1. The lowest BCUT2D eigenvalue weighted by molar-refractivity contribution is -0.130. The zero-order chi connectivity index (χ0) is 22.0. The SMILES string of the molecule is Cc1ncoc1C(=O)NC1CO[C@H]2CN(C(=O)Cc3ccc(C(C)C)cc3)C[C@@H]2OC1. The van der Waals surface area contributed by atoms with Crippen LogP contribution in [0.3, 0.4) is 0 Å². The fourth-order valence-electron chi connectivity index (χ4n) is 3.96. The van der Waals surface area contributed by atoms with E-state index in [1.165, 1.54) is 12.0 Å². The molecule has 2 aliphatic rings. The van der Waals surface area contributed by atoms with E-state index in [9.17, 15) is 9.59 Å². The number of hydrogen-bond donors (Lipinski definition) is 1. The van der Waals surface area contributed by atoms with E-state index in [2.05, 4.69) is 36.3 Å². The van der Waals surface area contributed by atoms with Crippen molar-refractivity contribution >= 4 is 11.8 Å². The monoisotopic (exact) mass is 427 g/mol. The molecule has 1 N–H and O–H groups in total. The number of carbonyl (C=O) groups is 2. The number of hydrogen-bond acceptors (Lipinski definition) is 6. The molecule has 0 radical (unpaired) electrons. The van der Waals surface area contributed by atoms with E-state index in [0.717, 1.165) is 5.56 Å². The number of nitrogens with one attached hydrogen (secondary N) is 1. The largest absolute Gasteiger partial charge is 0.438 e. The molecule has 2 aromatic rings. The van der Waals surface area contributed by atoms with Crippen LogP contribution in [0.5, 0.6) is 0 Å². The van der Waals surface area contributed by atoms with Crippen molar-refractivity contribution in [1.82, 2.24) is 15.2 Å². The molecule has 8 nitrogen and oxygen atoms in total. The first-order valence-corrected chi connectivity index (χ1v) is 10.7. The molecule has 1 aromatic heterocycles. The molecule has 4 rings (SSSR count). The van der Waals surface area contributed by atoms with E-state index < -0.39 is 0 Å². The van der Waals surface area contributed by atoms with Crippen LogP contribution in [0.25, 0.3) is 0 Å². The van der Waals surface area contributed by atoms with Crippen molar-refractivity contribution in [3.05, 3.63) is 53.2 Å². The van der Waals surface area contributed by atoms with Gasteiger partial charge in [0.2, 0.25) is 11.7 Å². The number of nitrogens with zero attached hydrogens (tertiary/aromatic N) is 2. The van der Waals surface area contributed by atoms with Gasteiger partial charge in [0.25, 0.3) is 5.91 Å². The fraction of sp³-hybridized carbons (Fsp3) is 0.522. The lowest BCUT2D eigenvalue weighted by Crippen LogP contribution is -2.41. The van der Waals surface area contributed by atoms with Crippen molar-refractivity contribution in [1.29, 1.82) is 0 Å². The maximum absolute atomic E-state index is 12.8. The topological polar surface area (TPSA) is 93.9 Å². The number of amides is 2. The Morgan fingerprint density at radius 2 is 1.77 bits per heavy atom. The number of aromatic nitrogens is 1. The average Bonchev–Trinajstić information content (AvgIpc) is 3.32. The number of ether oxygens (including phenoxy) is 2. The number of oxazole rings is 1. The lowest BCUT2D eigenvalue weighted by Gasteiger charge is -2.19. The van der Waals surface area contributed by atoms with Gasteiger partial charge in [-0.2, -0.15) is 0 Å². The second kappa shape index (κ2) is 9.20. The second-order valence-electron chi connectivity index (χ2n) is 8.55. The van der Waals surface area contributed by atoms with Gasteiger partial charge >= 0.3 is 0 Å². The predicted octanol–water partition coefficient (Wildman–Crippen LogP) is 2.07. The van der Waals surface area contributed by atoms with Gasteiger partial charge in [0, 0.05) is 13.1 Å². The summed E-state index contributed by atoms with van der Waals surface area (Å²) in [5, 5.41) is 2.87. The van der Waals surface area contributed by atoms with E-state index >= 15 is 0 Å². The quantitative estimate of drug-likeness (QED) is 0.785. The number of likely N-dealkylation sites (tertiary alicyclic amines) is 1. The minimum absolute atomic E-state index is 0.0724. The standard InChI is InChI=1S/C23H29N3O5/c1-14(2)17-6-4-16(5-7-17)8-21(27)26-9-19-20(10-26)30-12-18(11-29-19)25-23(28)22-15(3)24-13-31-22/h4-7,13-14,18-20H,8-12H2,1-3H3,(H,25,28)/t19-,20-/m0/s1. The van der Waals surface area contributed by atoms with Crippen molar-refractivity contribution in [2.24, 2.45) is 0 Å². The zero-order valence-electron chi connectivity index (χ0n) is 18.2. The maximum Gasteiger partial charge on any atom is 0.289 e. The van der Waals surface area contributed by atoms with E-state index in [1.54, 1.807) is 6.92 Å². The van der Waals surface area contributed by atoms with E-state index in [0.29, 0.717) is 44.3 Å². The van der Waals surface area contributed by atoms with E-state index in [-0.39, 0.29) is 35.8 Å².